The third-order valence-corrected chi connectivity index (χ3v) is 5.44. The van der Waals surface area contributed by atoms with Crippen LogP contribution in [0.5, 0.6) is 0 Å². The van der Waals surface area contributed by atoms with Crippen LogP contribution in [0.3, 0.4) is 0 Å². The molecular weight excluding hydrogens is 417 g/mol. The topological polar surface area (TPSA) is 27.7 Å². The van der Waals surface area contributed by atoms with Gasteiger partial charge in [-0.3, -0.25) is 0 Å². The molecule has 3 aromatic carbocycles. The van der Waals surface area contributed by atoms with Gasteiger partial charge in [-0.1, -0.05) is 30.0 Å². The fourth-order valence-electron chi connectivity index (χ4n) is 3.68. The number of fused-ring (bicyclic) bond motifs is 1. The SMILES string of the molecule is COCCCC1COC(c2ccc(C#Cc3ccc4c(F)c(F)ccc4c3)c(F)c2)OC1. The Labute approximate surface area is 185 Å². The van der Waals surface area contributed by atoms with Gasteiger partial charge in [0.1, 0.15) is 5.82 Å². The van der Waals surface area contributed by atoms with Crippen molar-refractivity contribution in [3.8, 4) is 11.8 Å². The van der Waals surface area contributed by atoms with Crippen molar-refractivity contribution in [3.05, 3.63) is 82.7 Å². The van der Waals surface area contributed by atoms with Gasteiger partial charge < -0.3 is 14.2 Å². The normalized spacial score (nSPS) is 18.4. The standard InChI is InChI=1S/C26H23F3O3/c1-30-12-2-3-18-15-31-26(32-16-18)21-8-7-19(24(28)14-21)6-4-17-5-10-22-20(13-17)9-11-23(27)25(22)29/h5,7-11,13-14,18,26H,2-3,12,15-16H2,1H3. The van der Waals surface area contributed by atoms with E-state index in [-0.39, 0.29) is 10.9 Å². The maximum absolute atomic E-state index is 14.6. The second-order valence-electron chi connectivity index (χ2n) is 7.79. The lowest BCUT2D eigenvalue weighted by molar-refractivity contribution is -0.206. The van der Waals surface area contributed by atoms with Crippen molar-refractivity contribution in [3.63, 3.8) is 0 Å². The van der Waals surface area contributed by atoms with Crippen LogP contribution in [0.15, 0.2) is 48.5 Å². The molecule has 32 heavy (non-hydrogen) atoms. The predicted molar refractivity (Wildman–Crippen MR) is 115 cm³/mol. The fraction of sp³-hybridized carbons (Fsp3) is 0.308. The summed E-state index contributed by atoms with van der Waals surface area (Å²) in [7, 11) is 1.68. The molecule has 6 heteroatoms. The summed E-state index contributed by atoms with van der Waals surface area (Å²) >= 11 is 0. The van der Waals surface area contributed by atoms with E-state index in [0.29, 0.717) is 42.3 Å². The molecule has 0 atom stereocenters. The van der Waals surface area contributed by atoms with Gasteiger partial charge in [-0.05, 0) is 48.6 Å². The molecule has 0 spiro atoms. The van der Waals surface area contributed by atoms with Crippen LogP contribution in [0.1, 0.15) is 35.8 Å². The molecule has 3 aromatic rings. The Bertz CT molecular complexity index is 1160. The second kappa shape index (κ2) is 10.2. The molecule has 0 saturated carbocycles. The minimum Gasteiger partial charge on any atom is -0.385 e. The maximum atomic E-state index is 14.6. The maximum Gasteiger partial charge on any atom is 0.183 e. The van der Waals surface area contributed by atoms with Gasteiger partial charge in [0.25, 0.3) is 0 Å². The molecule has 0 bridgehead atoms. The first-order valence-corrected chi connectivity index (χ1v) is 10.5. The van der Waals surface area contributed by atoms with Crippen LogP contribution in [0.2, 0.25) is 0 Å². The number of ether oxygens (including phenoxy) is 3. The van der Waals surface area contributed by atoms with E-state index in [4.69, 9.17) is 14.2 Å². The smallest absolute Gasteiger partial charge is 0.183 e. The summed E-state index contributed by atoms with van der Waals surface area (Å²) in [6.45, 7) is 1.83. The van der Waals surface area contributed by atoms with Gasteiger partial charge in [-0.25, -0.2) is 13.2 Å². The van der Waals surface area contributed by atoms with Crippen LogP contribution in [-0.4, -0.2) is 26.9 Å². The Hall–Kier alpha value is -2.85. The number of methoxy groups -OCH3 is 1. The van der Waals surface area contributed by atoms with E-state index >= 15 is 0 Å². The van der Waals surface area contributed by atoms with E-state index in [1.54, 1.807) is 31.4 Å². The highest BCUT2D eigenvalue weighted by Crippen LogP contribution is 2.28. The van der Waals surface area contributed by atoms with Crippen LogP contribution in [0.25, 0.3) is 10.8 Å². The number of benzene rings is 3. The lowest BCUT2D eigenvalue weighted by Crippen LogP contribution is -2.27. The molecule has 1 heterocycles. The van der Waals surface area contributed by atoms with Crippen LogP contribution >= 0.6 is 0 Å². The Kier molecular flexibility index (Phi) is 7.11. The second-order valence-corrected chi connectivity index (χ2v) is 7.79. The van der Waals surface area contributed by atoms with Crippen molar-refractivity contribution in [2.24, 2.45) is 5.92 Å². The molecule has 1 saturated heterocycles. The number of halogens is 3. The third-order valence-electron chi connectivity index (χ3n) is 5.44. The molecule has 0 radical (unpaired) electrons. The first kappa shape index (κ1) is 22.3. The molecule has 0 amide bonds. The van der Waals surface area contributed by atoms with E-state index < -0.39 is 23.7 Å². The lowest BCUT2D eigenvalue weighted by atomic mass is 10.0. The van der Waals surface area contributed by atoms with Crippen LogP contribution < -0.4 is 0 Å². The van der Waals surface area contributed by atoms with Crippen molar-refractivity contribution in [2.45, 2.75) is 19.1 Å². The van der Waals surface area contributed by atoms with Crippen LogP contribution in [0.4, 0.5) is 13.2 Å². The molecule has 0 aromatic heterocycles. The molecule has 0 N–H and O–H groups in total. The van der Waals surface area contributed by atoms with E-state index in [1.165, 1.54) is 18.2 Å². The van der Waals surface area contributed by atoms with Gasteiger partial charge in [-0.15, -0.1) is 0 Å². The van der Waals surface area contributed by atoms with Crippen molar-refractivity contribution in [2.75, 3.05) is 26.9 Å². The average Bonchev–Trinajstić information content (AvgIpc) is 2.81. The zero-order chi connectivity index (χ0) is 22.5. The zero-order valence-electron chi connectivity index (χ0n) is 17.7. The quantitative estimate of drug-likeness (QED) is 0.374. The molecule has 4 rings (SSSR count). The van der Waals surface area contributed by atoms with Gasteiger partial charge in [0.05, 0.1) is 18.8 Å². The summed E-state index contributed by atoms with van der Waals surface area (Å²) in [4.78, 5) is 0. The Morgan fingerprint density at radius 3 is 2.50 bits per heavy atom. The van der Waals surface area contributed by atoms with Crippen molar-refractivity contribution in [1.29, 1.82) is 0 Å². The Balaban J connectivity index is 1.43. The van der Waals surface area contributed by atoms with Crippen LogP contribution in [-0.2, 0) is 14.2 Å². The van der Waals surface area contributed by atoms with Crippen molar-refractivity contribution < 1.29 is 27.4 Å². The van der Waals surface area contributed by atoms with E-state index in [0.717, 1.165) is 18.9 Å². The van der Waals surface area contributed by atoms with Crippen LogP contribution in [0, 0.1) is 35.2 Å². The minimum absolute atomic E-state index is 0.180. The van der Waals surface area contributed by atoms with E-state index in [1.807, 2.05) is 0 Å². The Morgan fingerprint density at radius 2 is 1.75 bits per heavy atom. The molecule has 3 nitrogen and oxygen atoms in total. The summed E-state index contributed by atoms with van der Waals surface area (Å²) in [6.07, 6.45) is 1.31. The molecule has 166 valence electrons. The van der Waals surface area contributed by atoms with Gasteiger partial charge in [0, 0.05) is 36.1 Å². The molecule has 0 unspecified atom stereocenters. The first-order valence-electron chi connectivity index (χ1n) is 10.5. The monoisotopic (exact) mass is 440 g/mol. The fourth-order valence-corrected chi connectivity index (χ4v) is 3.68. The molecule has 1 fully saturated rings. The third kappa shape index (κ3) is 5.13. The van der Waals surface area contributed by atoms with Gasteiger partial charge in [0.15, 0.2) is 17.9 Å². The summed E-state index contributed by atoms with van der Waals surface area (Å²) in [5.74, 6) is 3.72. The van der Waals surface area contributed by atoms with E-state index in [2.05, 4.69) is 11.8 Å². The van der Waals surface area contributed by atoms with Crippen molar-refractivity contribution in [1.82, 2.24) is 0 Å². The Morgan fingerprint density at radius 1 is 0.938 bits per heavy atom. The molecule has 0 aliphatic carbocycles. The van der Waals surface area contributed by atoms with Crippen molar-refractivity contribution >= 4 is 10.8 Å². The highest BCUT2D eigenvalue weighted by Gasteiger charge is 2.24. The van der Waals surface area contributed by atoms with Gasteiger partial charge in [-0.2, -0.15) is 0 Å². The average molecular weight is 440 g/mol. The number of rotatable bonds is 5. The summed E-state index contributed by atoms with van der Waals surface area (Å²) in [5, 5.41) is 0.707. The molecule has 1 aliphatic rings. The van der Waals surface area contributed by atoms with E-state index in [9.17, 15) is 13.2 Å². The summed E-state index contributed by atoms with van der Waals surface area (Å²) in [5.41, 5.74) is 1.41. The van der Waals surface area contributed by atoms with Gasteiger partial charge in [0.2, 0.25) is 0 Å². The zero-order valence-corrected chi connectivity index (χ0v) is 17.7. The lowest BCUT2D eigenvalue weighted by Gasteiger charge is -2.29. The largest absolute Gasteiger partial charge is 0.385 e. The van der Waals surface area contributed by atoms with Gasteiger partial charge >= 0.3 is 0 Å². The number of hydrogen-bond acceptors (Lipinski definition) is 3. The first-order chi connectivity index (χ1) is 15.5. The minimum atomic E-state index is -0.897. The highest BCUT2D eigenvalue weighted by atomic mass is 19.2. The molecule has 1 aliphatic heterocycles. The summed E-state index contributed by atoms with van der Waals surface area (Å²) in [6, 6.07) is 12.0. The number of hydrogen-bond donors (Lipinski definition) is 0. The molecular formula is C26H23F3O3. The highest BCUT2D eigenvalue weighted by molar-refractivity contribution is 5.84. The summed E-state index contributed by atoms with van der Waals surface area (Å²) < 4.78 is 58.4. The predicted octanol–water partition coefficient (Wildman–Crippen LogP) is 5.75.